The lowest BCUT2D eigenvalue weighted by Gasteiger charge is -2.18. The zero-order valence-corrected chi connectivity index (χ0v) is 12.0. The Kier molecular flexibility index (Phi) is 12.9. The summed E-state index contributed by atoms with van der Waals surface area (Å²) < 4.78 is 9.21. The average molecular weight is 252 g/mol. The number of hydrogen-bond donors (Lipinski definition) is 0. The van der Waals surface area contributed by atoms with Crippen molar-refractivity contribution < 1.29 is 19.4 Å². The van der Waals surface area contributed by atoms with Crippen LogP contribution in [0.25, 0.3) is 0 Å². The van der Waals surface area contributed by atoms with Crippen LogP contribution in [-0.4, -0.2) is 58.6 Å². The van der Waals surface area contributed by atoms with E-state index in [0.29, 0.717) is 0 Å². The fourth-order valence-electron chi connectivity index (χ4n) is 0.969. The van der Waals surface area contributed by atoms with E-state index in [1.54, 1.807) is 7.11 Å². The molecule has 0 unspecified atom stereocenters. The molecule has 5 heteroatoms. The molecular formula is C11H25O4P. The molecule has 0 rings (SSSR count). The number of carboxylic acids is 1. The van der Waals surface area contributed by atoms with E-state index >= 15 is 0 Å². The molecule has 4 nitrogen and oxygen atoms in total. The molecule has 0 aliphatic heterocycles. The van der Waals surface area contributed by atoms with Gasteiger partial charge in [0.05, 0.1) is 37.7 Å². The van der Waals surface area contributed by atoms with E-state index in [1.165, 1.54) is 25.6 Å². The molecule has 98 valence electrons. The van der Waals surface area contributed by atoms with E-state index in [1.807, 2.05) is 0 Å². The van der Waals surface area contributed by atoms with Crippen LogP contribution in [0.3, 0.4) is 0 Å². The fourth-order valence-corrected chi connectivity index (χ4v) is 2.67. The maximum absolute atomic E-state index is 9.36. The van der Waals surface area contributed by atoms with Gasteiger partial charge >= 0.3 is 0 Å². The van der Waals surface area contributed by atoms with Gasteiger partial charge in [-0.15, -0.1) is 0 Å². The molecule has 0 atom stereocenters. The zero-order chi connectivity index (χ0) is 13.0. The molecule has 0 fully saturated rings. The summed E-state index contributed by atoms with van der Waals surface area (Å²) in [5.41, 5.74) is 0. The summed E-state index contributed by atoms with van der Waals surface area (Å²) in [7, 11) is 2.52. The lowest BCUT2D eigenvalue weighted by atomic mass is 10.8. The highest BCUT2D eigenvalue weighted by Gasteiger charge is 2.25. The first kappa shape index (κ1) is 18.2. The Morgan fingerprint density at radius 3 is 1.88 bits per heavy atom. The molecular weight excluding hydrogens is 227 g/mol. The fraction of sp³-hybridized carbons (Fsp3) is 0.909. The maximum atomic E-state index is 9.36. The van der Waals surface area contributed by atoms with Gasteiger partial charge in [-0.3, -0.25) is 0 Å². The van der Waals surface area contributed by atoms with Crippen molar-refractivity contribution in [3.63, 3.8) is 0 Å². The van der Waals surface area contributed by atoms with E-state index in [0.717, 1.165) is 6.61 Å². The second-order valence-corrected chi connectivity index (χ2v) is 8.72. The van der Waals surface area contributed by atoms with Crippen LogP contribution in [0.15, 0.2) is 0 Å². The van der Waals surface area contributed by atoms with Crippen molar-refractivity contribution in [1.29, 1.82) is 0 Å². The summed E-state index contributed by atoms with van der Waals surface area (Å²) in [5, 5.41) is 9.36. The molecule has 0 radical (unpaired) electrons. The molecule has 0 bridgehead atoms. The summed E-state index contributed by atoms with van der Waals surface area (Å²) in [6.45, 7) is 7.66. The number of carbonyl (C=O) groups is 1. The summed E-state index contributed by atoms with van der Waals surface area (Å²) >= 11 is 0. The molecule has 0 N–H and O–H groups in total. The molecule has 0 heterocycles. The van der Waals surface area contributed by atoms with Gasteiger partial charge in [-0.2, -0.15) is 0 Å². The lowest BCUT2D eigenvalue weighted by Crippen LogP contribution is -2.26. The minimum Gasteiger partial charge on any atom is -0.548 e. The Morgan fingerprint density at radius 1 is 1.19 bits per heavy atom. The molecule has 0 aromatic heterocycles. The first-order valence-corrected chi connectivity index (χ1v) is 8.26. The van der Waals surface area contributed by atoms with Crippen molar-refractivity contribution in [2.24, 2.45) is 0 Å². The molecule has 0 aromatic carbocycles. The number of rotatable bonds is 7. The smallest absolute Gasteiger partial charge is 0.0857 e. The second kappa shape index (κ2) is 11.3. The Bertz CT molecular complexity index is 169. The van der Waals surface area contributed by atoms with Crippen molar-refractivity contribution in [2.75, 3.05) is 52.6 Å². The van der Waals surface area contributed by atoms with Crippen LogP contribution in [0.1, 0.15) is 13.8 Å². The van der Waals surface area contributed by atoms with Crippen LogP contribution in [-0.2, 0) is 14.3 Å². The van der Waals surface area contributed by atoms with Crippen LogP contribution >= 0.6 is 7.26 Å². The molecule has 0 amide bonds. The Hall–Kier alpha value is -0.180. The standard InChI is InChI=1S/C8H20OP.C3H6O3/c1-5-10(4,6-2)8-7-9-3;1-6-2-3(4)5/h5-8H2,1-4H3;2H2,1H3,(H,4,5)/q+1;/p-1. The highest BCUT2D eigenvalue weighted by Crippen LogP contribution is 2.53. The molecule has 0 aliphatic carbocycles. The van der Waals surface area contributed by atoms with Gasteiger partial charge in [-0.05, 0) is 13.8 Å². The largest absolute Gasteiger partial charge is 0.548 e. The number of ether oxygens (including phenoxy) is 2. The van der Waals surface area contributed by atoms with E-state index in [9.17, 15) is 9.90 Å². The van der Waals surface area contributed by atoms with E-state index < -0.39 is 13.2 Å². The number of methoxy groups -OCH3 is 2. The van der Waals surface area contributed by atoms with Gasteiger partial charge in [0, 0.05) is 28.1 Å². The summed E-state index contributed by atoms with van der Waals surface area (Å²) in [5.74, 6) is -1.18. The van der Waals surface area contributed by atoms with Gasteiger partial charge in [-0.25, -0.2) is 0 Å². The molecule has 0 saturated carbocycles. The van der Waals surface area contributed by atoms with E-state index in [-0.39, 0.29) is 6.61 Å². The molecule has 0 aromatic rings. The van der Waals surface area contributed by atoms with Gasteiger partial charge in [0.15, 0.2) is 0 Å². The van der Waals surface area contributed by atoms with Crippen molar-refractivity contribution >= 4 is 13.2 Å². The highest BCUT2D eigenvalue weighted by atomic mass is 31.2. The first-order chi connectivity index (χ1) is 7.45. The predicted octanol–water partition coefficient (Wildman–Crippen LogP) is 0.703. The van der Waals surface area contributed by atoms with E-state index in [4.69, 9.17) is 4.74 Å². The zero-order valence-electron chi connectivity index (χ0n) is 11.1. The van der Waals surface area contributed by atoms with Gasteiger partial charge < -0.3 is 19.4 Å². The van der Waals surface area contributed by atoms with Gasteiger partial charge in [0.25, 0.3) is 0 Å². The van der Waals surface area contributed by atoms with Gasteiger partial charge in [0.2, 0.25) is 0 Å². The number of hydrogen-bond acceptors (Lipinski definition) is 4. The van der Waals surface area contributed by atoms with Crippen molar-refractivity contribution in [1.82, 2.24) is 0 Å². The number of aliphatic carboxylic acids is 1. The summed E-state index contributed by atoms with van der Waals surface area (Å²) in [6.07, 6.45) is 4.04. The van der Waals surface area contributed by atoms with Crippen molar-refractivity contribution in [2.45, 2.75) is 13.8 Å². The maximum Gasteiger partial charge on any atom is 0.0857 e. The highest BCUT2D eigenvalue weighted by molar-refractivity contribution is 7.75. The summed E-state index contributed by atoms with van der Waals surface area (Å²) in [4.78, 5) is 9.36. The molecule has 0 aliphatic rings. The summed E-state index contributed by atoms with van der Waals surface area (Å²) in [6, 6.07) is 0. The Morgan fingerprint density at radius 2 is 1.69 bits per heavy atom. The van der Waals surface area contributed by atoms with Crippen LogP contribution < -0.4 is 5.11 Å². The Balaban J connectivity index is 0. The Labute approximate surface area is 99.7 Å². The number of carboxylic acid groups (broad SMARTS) is 1. The molecule has 0 saturated heterocycles. The van der Waals surface area contributed by atoms with Crippen molar-refractivity contribution in [3.05, 3.63) is 0 Å². The minimum absolute atomic E-state index is 0.319. The van der Waals surface area contributed by atoms with Crippen LogP contribution in [0, 0.1) is 0 Å². The lowest BCUT2D eigenvalue weighted by molar-refractivity contribution is -0.309. The minimum atomic E-state index is -1.18. The quantitative estimate of drug-likeness (QED) is 0.626. The van der Waals surface area contributed by atoms with Crippen LogP contribution in [0.2, 0.25) is 0 Å². The topological polar surface area (TPSA) is 58.6 Å². The number of carbonyl (C=O) groups excluding carboxylic acids is 1. The molecule has 16 heavy (non-hydrogen) atoms. The van der Waals surface area contributed by atoms with Gasteiger partial charge in [-0.1, -0.05) is 0 Å². The van der Waals surface area contributed by atoms with Crippen molar-refractivity contribution in [3.8, 4) is 0 Å². The third kappa shape index (κ3) is 11.9. The third-order valence-electron chi connectivity index (χ3n) is 2.62. The monoisotopic (exact) mass is 252 g/mol. The molecule has 0 spiro atoms. The normalized spacial score (nSPS) is 10.6. The predicted molar refractivity (Wildman–Crippen MR) is 67.6 cm³/mol. The van der Waals surface area contributed by atoms with Crippen LogP contribution in [0.4, 0.5) is 0 Å². The average Bonchev–Trinajstić information content (AvgIpc) is 2.26. The SMILES string of the molecule is CC[P+](C)(CC)CCOC.COCC(=O)[O-]. The first-order valence-electron chi connectivity index (χ1n) is 5.47. The van der Waals surface area contributed by atoms with E-state index in [2.05, 4.69) is 25.2 Å². The third-order valence-corrected chi connectivity index (χ3v) is 6.94. The second-order valence-electron chi connectivity index (χ2n) is 3.77. The van der Waals surface area contributed by atoms with Gasteiger partial charge in [0.1, 0.15) is 0 Å². The van der Waals surface area contributed by atoms with Crippen LogP contribution in [0.5, 0.6) is 0 Å².